The third-order valence-electron chi connectivity index (χ3n) is 2.04. The average Bonchev–Trinajstić information content (AvgIpc) is 2.02. The van der Waals surface area contributed by atoms with Crippen LogP contribution in [0.15, 0.2) is 0 Å². The second-order valence-corrected chi connectivity index (χ2v) is 7.05. The molecule has 0 amide bonds. The Balaban J connectivity index is 3.78. The topological polar surface area (TPSA) is 44.5 Å². The molecule has 0 spiro atoms. The number of hydrogen-bond donors (Lipinski definition) is 1. The molecule has 0 aliphatic carbocycles. The van der Waals surface area contributed by atoms with Crippen LogP contribution in [0.5, 0.6) is 0 Å². The van der Waals surface area contributed by atoms with Crippen LogP contribution in [0.25, 0.3) is 0 Å². The summed E-state index contributed by atoms with van der Waals surface area (Å²) in [5.41, 5.74) is 0.358. The summed E-state index contributed by atoms with van der Waals surface area (Å²) in [6.45, 7) is 6.67. The predicted octanol–water partition coefficient (Wildman–Crippen LogP) is 1.26. The predicted molar refractivity (Wildman–Crippen MR) is 58.0 cm³/mol. The van der Waals surface area contributed by atoms with Crippen LogP contribution in [-0.4, -0.2) is 29.1 Å². The van der Waals surface area contributed by atoms with Gasteiger partial charge in [-0.1, -0.05) is 20.8 Å². The normalized spacial score (nSPS) is 15.0. The second kappa shape index (κ2) is 5.75. The molecule has 80 valence electrons. The fourth-order valence-electron chi connectivity index (χ4n) is 1.18. The van der Waals surface area contributed by atoms with Crippen LogP contribution in [0.4, 0.5) is 0 Å². The highest BCUT2D eigenvalue weighted by Gasteiger charge is 2.21. The van der Waals surface area contributed by atoms with E-state index in [1.807, 2.05) is 0 Å². The van der Waals surface area contributed by atoms with Crippen molar-refractivity contribution in [2.75, 3.05) is 14.2 Å². The van der Waals surface area contributed by atoms with E-state index in [2.05, 4.69) is 20.8 Å². The molecule has 0 rings (SSSR count). The third kappa shape index (κ3) is 6.21. The molecule has 0 aromatic carbocycles. The molecule has 0 aromatic heterocycles. The molecule has 0 aliphatic rings. The average molecular weight is 205 g/mol. The molecule has 4 heteroatoms. The molecule has 0 saturated carbocycles. The minimum Gasteiger partial charge on any atom is -0.358 e. The number of hydrogen-bond acceptors (Lipinski definition) is 3. The van der Waals surface area contributed by atoms with E-state index < -0.39 is 8.96 Å². The summed E-state index contributed by atoms with van der Waals surface area (Å²) < 4.78 is 10.3. The van der Waals surface area contributed by atoms with Gasteiger partial charge in [0, 0.05) is 14.2 Å². The van der Waals surface area contributed by atoms with Gasteiger partial charge in [0.1, 0.15) is 0 Å². The molecular formula is C9H23NO2Si. The molecule has 1 unspecified atom stereocenters. The zero-order valence-corrected chi connectivity index (χ0v) is 10.6. The van der Waals surface area contributed by atoms with Crippen molar-refractivity contribution in [3.8, 4) is 0 Å². The van der Waals surface area contributed by atoms with Gasteiger partial charge in [0.15, 0.2) is 14.9 Å². The first-order valence-corrected chi connectivity index (χ1v) is 6.87. The van der Waals surface area contributed by atoms with E-state index in [1.165, 1.54) is 0 Å². The lowest BCUT2D eigenvalue weighted by atomic mass is 9.94. The Morgan fingerprint density at radius 3 is 2.00 bits per heavy atom. The van der Waals surface area contributed by atoms with E-state index in [4.69, 9.17) is 14.9 Å². The van der Waals surface area contributed by atoms with Gasteiger partial charge in [-0.15, -0.1) is 0 Å². The maximum Gasteiger partial charge on any atom is 0.172 e. The Hall–Kier alpha value is 0.0969. The Kier molecular flexibility index (Phi) is 5.79. The summed E-state index contributed by atoms with van der Waals surface area (Å²) in [6, 6.07) is 1.07. The minimum absolute atomic E-state index is 0.137. The van der Waals surface area contributed by atoms with E-state index in [9.17, 15) is 0 Å². The Labute approximate surface area is 83.3 Å². The summed E-state index contributed by atoms with van der Waals surface area (Å²) in [7, 11) is 1.94. The van der Waals surface area contributed by atoms with Crippen molar-refractivity contribution in [2.45, 2.75) is 39.1 Å². The van der Waals surface area contributed by atoms with Crippen molar-refractivity contribution in [2.24, 2.45) is 10.8 Å². The smallest absolute Gasteiger partial charge is 0.172 e. The zero-order chi connectivity index (χ0) is 10.5. The van der Waals surface area contributed by atoms with Gasteiger partial charge in [-0.25, -0.2) is 0 Å². The molecule has 0 fully saturated rings. The van der Waals surface area contributed by atoms with Crippen molar-refractivity contribution < 1.29 is 9.47 Å². The van der Waals surface area contributed by atoms with Gasteiger partial charge in [0.25, 0.3) is 0 Å². The highest BCUT2D eigenvalue weighted by Crippen LogP contribution is 2.21. The minimum atomic E-state index is -1.36. The summed E-state index contributed by atoms with van der Waals surface area (Å²) >= 11 is 0. The van der Waals surface area contributed by atoms with Crippen LogP contribution in [0, 0.1) is 5.41 Å². The van der Waals surface area contributed by atoms with Gasteiger partial charge >= 0.3 is 0 Å². The van der Waals surface area contributed by atoms with E-state index >= 15 is 0 Å². The van der Waals surface area contributed by atoms with E-state index in [0.717, 1.165) is 12.5 Å². The van der Waals surface area contributed by atoms with Crippen LogP contribution in [-0.2, 0) is 9.47 Å². The highest BCUT2D eigenvalue weighted by molar-refractivity contribution is 6.56. The number of methoxy groups -OCH3 is 2. The zero-order valence-electron chi connectivity index (χ0n) is 9.46. The first-order chi connectivity index (χ1) is 5.90. The van der Waals surface area contributed by atoms with Gasteiger partial charge in [-0.2, -0.15) is 0 Å². The van der Waals surface area contributed by atoms with Crippen molar-refractivity contribution >= 4 is 8.96 Å². The molecule has 0 radical (unpaired) electrons. The van der Waals surface area contributed by atoms with E-state index in [1.54, 1.807) is 14.2 Å². The van der Waals surface area contributed by atoms with Gasteiger partial charge in [-0.05, 0) is 17.9 Å². The quantitative estimate of drug-likeness (QED) is 0.543. The van der Waals surface area contributed by atoms with Crippen LogP contribution >= 0.6 is 0 Å². The van der Waals surface area contributed by atoms with E-state index in [-0.39, 0.29) is 5.91 Å². The summed E-state index contributed by atoms with van der Waals surface area (Å²) in [6.07, 6.45) is 1.14. The lowest BCUT2D eigenvalue weighted by Crippen LogP contribution is -2.42. The summed E-state index contributed by atoms with van der Waals surface area (Å²) in [5, 5.41) is 6.04. The van der Waals surface area contributed by atoms with Crippen molar-refractivity contribution in [3.05, 3.63) is 0 Å². The largest absolute Gasteiger partial charge is 0.358 e. The molecule has 0 aromatic rings. The SMILES string of the molecule is COC(OC)[SiH](N)CCC(C)(C)C. The Morgan fingerprint density at radius 2 is 1.69 bits per heavy atom. The Bertz CT molecular complexity index is 132. The first-order valence-electron chi connectivity index (χ1n) is 4.72. The second-order valence-electron chi connectivity index (χ2n) is 4.60. The summed E-state index contributed by atoms with van der Waals surface area (Å²) in [4.78, 5) is 0. The monoisotopic (exact) mass is 205 g/mol. The standard InChI is InChI=1S/C9H23NO2Si/c1-9(2,3)6-7-13(10)8(11-4)12-5/h8,13H,6-7,10H2,1-5H3. The Morgan fingerprint density at radius 1 is 1.23 bits per heavy atom. The van der Waals surface area contributed by atoms with Gasteiger partial charge in [0.05, 0.1) is 0 Å². The van der Waals surface area contributed by atoms with Crippen LogP contribution in [0.3, 0.4) is 0 Å². The van der Waals surface area contributed by atoms with Crippen molar-refractivity contribution in [1.82, 2.24) is 0 Å². The number of nitrogens with two attached hydrogens (primary N) is 1. The maximum atomic E-state index is 6.04. The summed E-state index contributed by atoms with van der Waals surface area (Å²) in [5.74, 6) is -0.137. The molecule has 0 bridgehead atoms. The molecule has 0 heterocycles. The fourth-order valence-corrected chi connectivity index (χ4v) is 3.35. The molecular weight excluding hydrogens is 182 g/mol. The lowest BCUT2D eigenvalue weighted by Gasteiger charge is -2.23. The van der Waals surface area contributed by atoms with Crippen LogP contribution in [0.1, 0.15) is 27.2 Å². The maximum absolute atomic E-state index is 6.04. The number of ether oxygens (including phenoxy) is 2. The third-order valence-corrected chi connectivity index (χ3v) is 4.24. The van der Waals surface area contributed by atoms with E-state index in [0.29, 0.717) is 5.41 Å². The fraction of sp³-hybridized carbons (Fsp3) is 1.00. The highest BCUT2D eigenvalue weighted by atomic mass is 28.3. The molecule has 1 atom stereocenters. The molecule has 2 N–H and O–H groups in total. The molecule has 3 nitrogen and oxygen atoms in total. The lowest BCUT2D eigenvalue weighted by molar-refractivity contribution is -0.0476. The first kappa shape index (κ1) is 13.1. The van der Waals surface area contributed by atoms with Gasteiger partial charge in [-0.3, -0.25) is 0 Å². The van der Waals surface area contributed by atoms with Crippen LogP contribution < -0.4 is 5.40 Å². The van der Waals surface area contributed by atoms with Crippen LogP contribution in [0.2, 0.25) is 6.04 Å². The number of rotatable bonds is 5. The van der Waals surface area contributed by atoms with Gasteiger partial charge < -0.3 is 14.9 Å². The van der Waals surface area contributed by atoms with Crippen molar-refractivity contribution in [1.29, 1.82) is 0 Å². The molecule has 0 aliphatic heterocycles. The molecule has 13 heavy (non-hydrogen) atoms. The van der Waals surface area contributed by atoms with Gasteiger partial charge in [0.2, 0.25) is 0 Å². The van der Waals surface area contributed by atoms with Crippen molar-refractivity contribution in [3.63, 3.8) is 0 Å². The molecule has 0 saturated heterocycles.